The van der Waals surface area contributed by atoms with Gasteiger partial charge in [-0.05, 0) is 46.4 Å². The van der Waals surface area contributed by atoms with Crippen LogP contribution in [0.5, 0.6) is 0 Å². The molecule has 35 heavy (non-hydrogen) atoms. The minimum atomic E-state index is -0.919. The maximum absolute atomic E-state index is 12.7. The van der Waals surface area contributed by atoms with Crippen LogP contribution < -0.4 is 5.32 Å². The minimum absolute atomic E-state index is 0.0117. The molecule has 1 unspecified atom stereocenters. The molecule has 6 heteroatoms. The summed E-state index contributed by atoms with van der Waals surface area (Å²) in [5.74, 6) is -0.343. The summed E-state index contributed by atoms with van der Waals surface area (Å²) in [6.45, 7) is 7.07. The second-order valence-electron chi connectivity index (χ2n) is 9.94. The van der Waals surface area contributed by atoms with Crippen LogP contribution in [-0.4, -0.2) is 41.1 Å². The van der Waals surface area contributed by atoms with E-state index in [1.807, 2.05) is 54.6 Å². The molecular formula is C29H32N2O4. The highest BCUT2D eigenvalue weighted by Crippen LogP contribution is 2.27. The van der Waals surface area contributed by atoms with Gasteiger partial charge in [-0.3, -0.25) is 9.59 Å². The van der Waals surface area contributed by atoms with Crippen LogP contribution in [0.25, 0.3) is 0 Å². The monoisotopic (exact) mass is 472 g/mol. The lowest BCUT2D eigenvalue weighted by Gasteiger charge is -2.38. The zero-order chi connectivity index (χ0) is 25.0. The number of nitrogens with zero attached hydrogens (tertiary/aromatic N) is 1. The fourth-order valence-corrected chi connectivity index (χ4v) is 4.18. The first-order valence-electron chi connectivity index (χ1n) is 11.8. The van der Waals surface area contributed by atoms with Gasteiger partial charge in [0.1, 0.15) is 12.7 Å². The molecule has 0 aromatic heterocycles. The van der Waals surface area contributed by atoms with E-state index >= 15 is 0 Å². The van der Waals surface area contributed by atoms with E-state index in [4.69, 9.17) is 4.74 Å². The van der Waals surface area contributed by atoms with Gasteiger partial charge in [0.2, 0.25) is 5.91 Å². The van der Waals surface area contributed by atoms with Crippen LogP contribution in [0, 0.1) is 0 Å². The van der Waals surface area contributed by atoms with Crippen molar-refractivity contribution in [3.05, 3.63) is 101 Å². The van der Waals surface area contributed by atoms with E-state index in [1.54, 1.807) is 29.2 Å². The highest BCUT2D eigenvalue weighted by Gasteiger charge is 2.34. The second-order valence-corrected chi connectivity index (χ2v) is 9.94. The third-order valence-electron chi connectivity index (χ3n) is 6.32. The van der Waals surface area contributed by atoms with Crippen LogP contribution in [0.1, 0.15) is 53.9 Å². The summed E-state index contributed by atoms with van der Waals surface area (Å²) in [6.07, 6.45) is -0.919. The van der Waals surface area contributed by atoms with Crippen LogP contribution in [-0.2, 0) is 21.5 Å². The first-order valence-corrected chi connectivity index (χ1v) is 11.8. The SMILES string of the molecule is CC(C)(C)c1ccc(C(=O)Nc2ccc(C(O)[C@H]3COCC(=O)N3Cc3ccccc3)cc2)cc1. The normalized spacial score (nSPS) is 17.2. The van der Waals surface area contributed by atoms with Gasteiger partial charge in [-0.1, -0.05) is 75.4 Å². The van der Waals surface area contributed by atoms with Crippen LogP contribution in [0.4, 0.5) is 5.69 Å². The summed E-state index contributed by atoms with van der Waals surface area (Å²) in [5, 5.41) is 14.0. The van der Waals surface area contributed by atoms with Crippen molar-refractivity contribution in [2.24, 2.45) is 0 Å². The highest BCUT2D eigenvalue weighted by atomic mass is 16.5. The van der Waals surface area contributed by atoms with E-state index < -0.39 is 12.1 Å². The van der Waals surface area contributed by atoms with E-state index in [1.165, 1.54) is 5.56 Å². The predicted molar refractivity (Wildman–Crippen MR) is 136 cm³/mol. The minimum Gasteiger partial charge on any atom is -0.386 e. The van der Waals surface area contributed by atoms with Crippen molar-refractivity contribution in [3.63, 3.8) is 0 Å². The Morgan fingerprint density at radius 1 is 1.03 bits per heavy atom. The Kier molecular flexibility index (Phi) is 7.34. The zero-order valence-electron chi connectivity index (χ0n) is 20.4. The number of aliphatic hydroxyl groups is 1. The standard InChI is InChI=1S/C29H32N2O4/c1-29(2,3)23-13-9-22(10-14-23)28(34)30-24-15-11-21(12-16-24)27(33)25-18-35-19-26(32)31(25)17-20-7-5-4-6-8-20/h4-16,25,27,33H,17-19H2,1-3H3,(H,30,34)/t25-,27?/m1/s1. The zero-order valence-corrected chi connectivity index (χ0v) is 20.4. The summed E-state index contributed by atoms with van der Waals surface area (Å²) in [5.41, 5.74) is 4.04. The Balaban J connectivity index is 1.43. The number of carbonyl (C=O) groups is 2. The van der Waals surface area contributed by atoms with Crippen molar-refractivity contribution >= 4 is 17.5 Å². The maximum Gasteiger partial charge on any atom is 0.255 e. The van der Waals surface area contributed by atoms with Crippen molar-refractivity contribution in [2.45, 2.75) is 44.9 Å². The third-order valence-corrected chi connectivity index (χ3v) is 6.32. The van der Waals surface area contributed by atoms with Gasteiger partial charge in [-0.2, -0.15) is 0 Å². The lowest BCUT2D eigenvalue weighted by atomic mass is 9.87. The van der Waals surface area contributed by atoms with Gasteiger partial charge in [0.05, 0.1) is 12.6 Å². The molecule has 182 valence electrons. The summed E-state index contributed by atoms with van der Waals surface area (Å²) < 4.78 is 5.45. The molecule has 6 nitrogen and oxygen atoms in total. The van der Waals surface area contributed by atoms with E-state index in [0.717, 1.165) is 5.56 Å². The lowest BCUT2D eigenvalue weighted by Crippen LogP contribution is -2.51. The van der Waals surface area contributed by atoms with E-state index in [0.29, 0.717) is 23.4 Å². The lowest BCUT2D eigenvalue weighted by molar-refractivity contribution is -0.155. The fourth-order valence-electron chi connectivity index (χ4n) is 4.18. The number of anilines is 1. The Labute approximate surface area is 206 Å². The number of carbonyl (C=O) groups excluding carboxylic acids is 2. The van der Waals surface area contributed by atoms with Crippen molar-refractivity contribution in [2.75, 3.05) is 18.5 Å². The van der Waals surface area contributed by atoms with Gasteiger partial charge in [0.25, 0.3) is 5.91 Å². The molecule has 3 aromatic rings. The molecule has 2 amide bonds. The number of nitrogens with one attached hydrogen (secondary N) is 1. The van der Waals surface area contributed by atoms with Crippen molar-refractivity contribution in [1.29, 1.82) is 0 Å². The number of ether oxygens (including phenoxy) is 1. The van der Waals surface area contributed by atoms with Crippen LogP contribution in [0.15, 0.2) is 78.9 Å². The molecule has 2 N–H and O–H groups in total. The summed E-state index contributed by atoms with van der Waals surface area (Å²) in [4.78, 5) is 26.9. The topological polar surface area (TPSA) is 78.9 Å². The van der Waals surface area contributed by atoms with Crippen molar-refractivity contribution in [3.8, 4) is 0 Å². The van der Waals surface area contributed by atoms with Crippen LogP contribution in [0.2, 0.25) is 0 Å². The quantitative estimate of drug-likeness (QED) is 0.545. The molecule has 1 aliphatic heterocycles. The van der Waals surface area contributed by atoms with Gasteiger partial charge in [0, 0.05) is 17.8 Å². The molecule has 2 atom stereocenters. The Morgan fingerprint density at radius 3 is 2.31 bits per heavy atom. The molecule has 1 aliphatic rings. The smallest absolute Gasteiger partial charge is 0.255 e. The third kappa shape index (κ3) is 5.96. The van der Waals surface area contributed by atoms with Gasteiger partial charge in [-0.25, -0.2) is 0 Å². The first-order chi connectivity index (χ1) is 16.7. The van der Waals surface area contributed by atoms with E-state index in [-0.39, 0.29) is 30.4 Å². The van der Waals surface area contributed by atoms with E-state index in [9.17, 15) is 14.7 Å². The van der Waals surface area contributed by atoms with Crippen LogP contribution in [0.3, 0.4) is 0 Å². The number of rotatable bonds is 6. The summed E-state index contributed by atoms with van der Waals surface area (Å²) >= 11 is 0. The largest absolute Gasteiger partial charge is 0.386 e. The molecule has 0 radical (unpaired) electrons. The number of aliphatic hydroxyl groups excluding tert-OH is 1. The average molecular weight is 473 g/mol. The highest BCUT2D eigenvalue weighted by molar-refractivity contribution is 6.04. The average Bonchev–Trinajstić information content (AvgIpc) is 2.85. The number of amides is 2. The first kappa shape index (κ1) is 24.6. The number of morpholine rings is 1. The van der Waals surface area contributed by atoms with Gasteiger partial charge < -0.3 is 20.1 Å². The molecule has 1 fully saturated rings. The number of benzene rings is 3. The van der Waals surface area contributed by atoms with Gasteiger partial charge >= 0.3 is 0 Å². The molecule has 0 saturated carbocycles. The predicted octanol–water partition coefficient (Wildman–Crippen LogP) is 4.70. The molecule has 0 bridgehead atoms. The second kappa shape index (κ2) is 10.4. The van der Waals surface area contributed by atoms with Crippen molar-refractivity contribution < 1.29 is 19.4 Å². The van der Waals surface area contributed by atoms with Gasteiger partial charge in [0.15, 0.2) is 0 Å². The molecule has 1 heterocycles. The molecule has 3 aromatic carbocycles. The Bertz CT molecular complexity index is 1150. The van der Waals surface area contributed by atoms with Crippen molar-refractivity contribution in [1.82, 2.24) is 4.90 Å². The number of hydrogen-bond donors (Lipinski definition) is 2. The summed E-state index contributed by atoms with van der Waals surface area (Å²) in [7, 11) is 0. The van der Waals surface area contributed by atoms with Gasteiger partial charge in [-0.15, -0.1) is 0 Å². The van der Waals surface area contributed by atoms with Crippen LogP contribution >= 0.6 is 0 Å². The molecule has 0 aliphatic carbocycles. The Morgan fingerprint density at radius 2 is 1.69 bits per heavy atom. The fraction of sp³-hybridized carbons (Fsp3) is 0.310. The Hall–Kier alpha value is -3.48. The molecule has 4 rings (SSSR count). The molecule has 0 spiro atoms. The molecular weight excluding hydrogens is 440 g/mol. The number of hydrogen-bond acceptors (Lipinski definition) is 4. The summed E-state index contributed by atoms with van der Waals surface area (Å²) in [6, 6.07) is 23.9. The van der Waals surface area contributed by atoms with E-state index in [2.05, 4.69) is 26.1 Å². The molecule has 1 saturated heterocycles. The maximum atomic E-state index is 12.7.